The van der Waals surface area contributed by atoms with Gasteiger partial charge in [-0.15, -0.1) is 0 Å². The number of likely N-dealkylation sites (N-methyl/N-ethyl adjacent to an activating group) is 1. The second-order valence-corrected chi connectivity index (χ2v) is 7.57. The Kier molecular flexibility index (Phi) is 6.84. The summed E-state index contributed by atoms with van der Waals surface area (Å²) in [5, 5.41) is 2.52. The van der Waals surface area contributed by atoms with Gasteiger partial charge in [0, 0.05) is 12.6 Å². The molecule has 3 rings (SSSR count). The van der Waals surface area contributed by atoms with Crippen LogP contribution in [0.1, 0.15) is 18.1 Å². The second-order valence-electron chi connectivity index (χ2n) is 6.32. The Morgan fingerprint density at radius 2 is 1.97 bits per heavy atom. The molecule has 1 saturated heterocycles. The molecular weight excluding hydrogens is 475 g/mol. The molecule has 6 nitrogen and oxygen atoms in total. The van der Waals surface area contributed by atoms with Crippen molar-refractivity contribution >= 4 is 51.2 Å². The second kappa shape index (κ2) is 9.36. The van der Waals surface area contributed by atoms with Crippen LogP contribution in [-0.2, 0) is 16.2 Å². The number of thiocarbonyl (C=S) groups is 1. The number of benzene rings is 2. The molecule has 1 aliphatic rings. The molecule has 0 unspecified atom stereocenters. The van der Waals surface area contributed by atoms with Crippen LogP contribution in [0, 0.1) is 5.82 Å². The van der Waals surface area contributed by atoms with Crippen molar-refractivity contribution < 1.29 is 23.5 Å². The van der Waals surface area contributed by atoms with E-state index in [2.05, 4.69) is 21.2 Å². The fourth-order valence-corrected chi connectivity index (χ4v) is 3.50. The Hall–Kier alpha value is -2.78. The highest BCUT2D eigenvalue weighted by Crippen LogP contribution is 2.38. The summed E-state index contributed by atoms with van der Waals surface area (Å²) in [6, 6.07) is 9.66. The van der Waals surface area contributed by atoms with E-state index in [-0.39, 0.29) is 23.1 Å². The number of nitrogens with zero attached hydrogens (tertiary/aromatic N) is 1. The van der Waals surface area contributed by atoms with E-state index < -0.39 is 11.8 Å². The lowest BCUT2D eigenvalue weighted by Crippen LogP contribution is -2.52. The van der Waals surface area contributed by atoms with E-state index in [4.69, 9.17) is 21.7 Å². The summed E-state index contributed by atoms with van der Waals surface area (Å²) in [6.07, 6.45) is 1.45. The number of hydrogen-bond acceptors (Lipinski definition) is 5. The van der Waals surface area contributed by atoms with Crippen molar-refractivity contribution in [1.29, 1.82) is 0 Å². The summed E-state index contributed by atoms with van der Waals surface area (Å²) in [5.74, 6) is -0.658. The van der Waals surface area contributed by atoms with Crippen molar-refractivity contribution in [2.45, 2.75) is 13.5 Å². The van der Waals surface area contributed by atoms with Gasteiger partial charge in [-0.3, -0.25) is 19.8 Å². The minimum atomic E-state index is -0.572. The number of hydrogen-bond donors (Lipinski definition) is 1. The maximum absolute atomic E-state index is 13.9. The average molecular weight is 493 g/mol. The van der Waals surface area contributed by atoms with Gasteiger partial charge in [0.15, 0.2) is 16.6 Å². The van der Waals surface area contributed by atoms with E-state index in [1.54, 1.807) is 30.3 Å². The first-order valence-corrected chi connectivity index (χ1v) is 10.2. The molecule has 2 amide bonds. The fourth-order valence-electron chi connectivity index (χ4n) is 2.75. The Bertz CT molecular complexity index is 1060. The van der Waals surface area contributed by atoms with Crippen molar-refractivity contribution in [3.05, 3.63) is 63.4 Å². The molecule has 0 radical (unpaired) electrons. The first kappa shape index (κ1) is 21.9. The maximum Gasteiger partial charge on any atom is 0.265 e. The molecule has 156 valence electrons. The third kappa shape index (κ3) is 4.68. The largest absolute Gasteiger partial charge is 0.490 e. The zero-order chi connectivity index (χ0) is 21.8. The van der Waals surface area contributed by atoms with Crippen molar-refractivity contribution in [3.8, 4) is 11.5 Å². The SMILES string of the molecule is CCOc1cc(/C=C2/C(=O)NC(=S)N(C)C2=O)cc(Br)c1OCc1ccccc1F. The van der Waals surface area contributed by atoms with Crippen LogP contribution in [0.3, 0.4) is 0 Å². The zero-order valence-corrected chi connectivity index (χ0v) is 18.6. The molecule has 1 fully saturated rings. The number of amides is 2. The average Bonchev–Trinajstić information content (AvgIpc) is 2.70. The number of carbonyl (C=O) groups excluding carboxylic acids is 2. The quantitative estimate of drug-likeness (QED) is 0.377. The van der Waals surface area contributed by atoms with Crippen molar-refractivity contribution in [1.82, 2.24) is 10.2 Å². The minimum Gasteiger partial charge on any atom is -0.490 e. The monoisotopic (exact) mass is 492 g/mol. The van der Waals surface area contributed by atoms with Crippen molar-refractivity contribution in [2.24, 2.45) is 0 Å². The molecule has 0 aromatic heterocycles. The van der Waals surface area contributed by atoms with E-state index >= 15 is 0 Å². The lowest BCUT2D eigenvalue weighted by Gasteiger charge is -2.25. The standard InChI is InChI=1S/C21H18BrFN2O4S/c1-3-28-17-10-12(8-14-19(26)24-21(30)25(2)20(14)27)9-15(22)18(17)29-11-13-6-4-5-7-16(13)23/h4-10H,3,11H2,1-2H3,(H,24,26,30)/b14-8-. The maximum atomic E-state index is 13.9. The molecule has 1 aliphatic heterocycles. The van der Waals surface area contributed by atoms with Crippen molar-refractivity contribution in [2.75, 3.05) is 13.7 Å². The van der Waals surface area contributed by atoms with Crippen LogP contribution >= 0.6 is 28.1 Å². The number of rotatable bonds is 6. The molecule has 0 spiro atoms. The van der Waals surface area contributed by atoms with Crippen LogP contribution in [0.2, 0.25) is 0 Å². The highest BCUT2D eigenvalue weighted by atomic mass is 79.9. The lowest BCUT2D eigenvalue weighted by atomic mass is 10.1. The number of ether oxygens (including phenoxy) is 2. The Morgan fingerprint density at radius 1 is 1.23 bits per heavy atom. The van der Waals surface area contributed by atoms with E-state index in [0.717, 1.165) is 0 Å². The van der Waals surface area contributed by atoms with Crippen LogP contribution in [0.15, 0.2) is 46.4 Å². The molecule has 2 aromatic rings. The molecule has 0 atom stereocenters. The van der Waals surface area contributed by atoms with Crippen molar-refractivity contribution in [3.63, 3.8) is 0 Å². The summed E-state index contributed by atoms with van der Waals surface area (Å²) >= 11 is 8.38. The predicted molar refractivity (Wildman–Crippen MR) is 118 cm³/mol. The van der Waals surface area contributed by atoms with Crippen LogP contribution < -0.4 is 14.8 Å². The predicted octanol–water partition coefficient (Wildman–Crippen LogP) is 3.82. The van der Waals surface area contributed by atoms with E-state index in [0.29, 0.717) is 33.7 Å². The Labute approximate surface area is 186 Å². The van der Waals surface area contributed by atoms with Gasteiger partial charge in [0.1, 0.15) is 18.0 Å². The summed E-state index contributed by atoms with van der Waals surface area (Å²) in [4.78, 5) is 25.8. The summed E-state index contributed by atoms with van der Waals surface area (Å²) in [5.41, 5.74) is 0.894. The van der Waals surface area contributed by atoms with Gasteiger partial charge < -0.3 is 9.47 Å². The molecular formula is C21H18BrFN2O4S. The van der Waals surface area contributed by atoms with Crippen LogP contribution in [0.5, 0.6) is 11.5 Å². The van der Waals surface area contributed by atoms with E-state index in [1.165, 1.54) is 24.1 Å². The third-order valence-corrected chi connectivity index (χ3v) is 5.24. The van der Waals surface area contributed by atoms with Gasteiger partial charge >= 0.3 is 0 Å². The van der Waals surface area contributed by atoms with Crippen LogP contribution in [-0.4, -0.2) is 35.5 Å². The van der Waals surface area contributed by atoms with Gasteiger partial charge in [-0.2, -0.15) is 0 Å². The van der Waals surface area contributed by atoms with E-state index in [9.17, 15) is 14.0 Å². The normalized spacial score (nSPS) is 15.4. The van der Waals surface area contributed by atoms with Crippen LogP contribution in [0.4, 0.5) is 4.39 Å². The molecule has 2 aromatic carbocycles. The summed E-state index contributed by atoms with van der Waals surface area (Å²) in [7, 11) is 1.49. The van der Waals surface area contributed by atoms with Gasteiger partial charge in [-0.25, -0.2) is 4.39 Å². The molecule has 0 saturated carbocycles. The minimum absolute atomic E-state index is 0.00884. The molecule has 9 heteroatoms. The number of carbonyl (C=O) groups is 2. The van der Waals surface area contributed by atoms with Gasteiger partial charge in [0.25, 0.3) is 11.8 Å². The Balaban J connectivity index is 1.93. The topological polar surface area (TPSA) is 67.9 Å². The van der Waals surface area contributed by atoms with E-state index in [1.807, 2.05) is 6.92 Å². The highest BCUT2D eigenvalue weighted by molar-refractivity contribution is 9.10. The van der Waals surface area contributed by atoms with Gasteiger partial charge in [0.05, 0.1) is 11.1 Å². The van der Waals surface area contributed by atoms with Gasteiger partial charge in [-0.1, -0.05) is 18.2 Å². The fraction of sp³-hybridized carbons (Fsp3) is 0.190. The summed E-state index contributed by atoms with van der Waals surface area (Å²) < 4.78 is 25.9. The first-order chi connectivity index (χ1) is 14.3. The first-order valence-electron chi connectivity index (χ1n) is 8.99. The Morgan fingerprint density at radius 3 is 2.67 bits per heavy atom. The summed E-state index contributed by atoms with van der Waals surface area (Å²) in [6.45, 7) is 2.18. The third-order valence-electron chi connectivity index (χ3n) is 4.28. The highest BCUT2D eigenvalue weighted by Gasteiger charge is 2.30. The van der Waals surface area contributed by atoms with Gasteiger partial charge in [-0.05, 0) is 64.9 Å². The number of halogens is 2. The molecule has 30 heavy (non-hydrogen) atoms. The zero-order valence-electron chi connectivity index (χ0n) is 16.2. The van der Waals surface area contributed by atoms with Gasteiger partial charge in [0.2, 0.25) is 0 Å². The lowest BCUT2D eigenvalue weighted by molar-refractivity contribution is -0.128. The molecule has 1 N–H and O–H groups in total. The molecule has 0 bridgehead atoms. The molecule has 0 aliphatic carbocycles. The molecule has 1 heterocycles. The number of nitrogens with one attached hydrogen (secondary N) is 1. The van der Waals surface area contributed by atoms with Crippen LogP contribution in [0.25, 0.3) is 6.08 Å². The smallest absolute Gasteiger partial charge is 0.265 e.